The first-order valence-corrected chi connectivity index (χ1v) is 16.4. The molecular weight excluding hydrogens is 578 g/mol. The van der Waals surface area contributed by atoms with Gasteiger partial charge in [0, 0.05) is 19.5 Å². The van der Waals surface area contributed by atoms with Crippen LogP contribution in [0.2, 0.25) is 0 Å². The van der Waals surface area contributed by atoms with Crippen molar-refractivity contribution in [1.29, 1.82) is 0 Å². The molecule has 12 heteroatoms. The highest BCUT2D eigenvalue weighted by Gasteiger charge is 2.62. The highest BCUT2D eigenvalue weighted by atomic mass is 16.6. The van der Waals surface area contributed by atoms with E-state index in [9.17, 15) is 29.1 Å². The monoisotopic (exact) mass is 625 g/mol. The summed E-state index contributed by atoms with van der Waals surface area (Å²) in [6.07, 6.45) is 5.08. The van der Waals surface area contributed by atoms with E-state index in [0.29, 0.717) is 45.2 Å². The molecule has 1 aromatic rings. The Morgan fingerprint density at radius 3 is 2.47 bits per heavy atom. The van der Waals surface area contributed by atoms with E-state index >= 15 is 0 Å². The normalized spacial score (nSPS) is 29.7. The molecule has 12 nitrogen and oxygen atoms in total. The molecule has 5 N–H and O–H groups in total. The van der Waals surface area contributed by atoms with Crippen molar-refractivity contribution in [1.82, 2.24) is 20.4 Å². The number of benzene rings is 1. The molecule has 1 aliphatic carbocycles. The van der Waals surface area contributed by atoms with Crippen molar-refractivity contribution in [2.45, 2.75) is 114 Å². The smallest absolute Gasteiger partial charge is 0.410 e. The Morgan fingerprint density at radius 2 is 1.76 bits per heavy atom. The van der Waals surface area contributed by atoms with Crippen LogP contribution in [-0.4, -0.2) is 87.5 Å². The molecule has 0 unspecified atom stereocenters. The Morgan fingerprint density at radius 1 is 1.07 bits per heavy atom. The molecule has 1 saturated carbocycles. The zero-order valence-corrected chi connectivity index (χ0v) is 26.3. The van der Waals surface area contributed by atoms with E-state index in [0.717, 1.165) is 31.2 Å². The number of amides is 4. The first-order chi connectivity index (χ1) is 21.5. The topological polar surface area (TPSA) is 171 Å². The van der Waals surface area contributed by atoms with E-state index in [4.69, 9.17) is 10.5 Å². The SMILES string of the molecule is CC(C)[C@@H](N)C(=O)N[C@H]1CCCCCCC[C@@H]2C[C@@]2(C(=O)O)NC(=O)[C@@H]2C[C@@H](OC(=O)N3CCc4ccccc4C3)CN2C1=O. The van der Waals surface area contributed by atoms with Gasteiger partial charge in [0.2, 0.25) is 17.7 Å². The van der Waals surface area contributed by atoms with Crippen molar-refractivity contribution in [3.05, 3.63) is 35.4 Å². The number of carboxylic acid groups (broad SMARTS) is 1. The van der Waals surface area contributed by atoms with Crippen LogP contribution < -0.4 is 16.4 Å². The number of hydrogen-bond acceptors (Lipinski definition) is 7. The summed E-state index contributed by atoms with van der Waals surface area (Å²) in [5.74, 6) is -2.89. The predicted molar refractivity (Wildman–Crippen MR) is 165 cm³/mol. The highest BCUT2D eigenvalue weighted by molar-refractivity contribution is 5.96. The number of carbonyl (C=O) groups excluding carboxylic acids is 4. The molecule has 2 saturated heterocycles. The summed E-state index contributed by atoms with van der Waals surface area (Å²) in [7, 11) is 0. The van der Waals surface area contributed by atoms with Crippen molar-refractivity contribution < 1.29 is 33.8 Å². The van der Waals surface area contributed by atoms with Crippen LogP contribution >= 0.6 is 0 Å². The number of hydrogen-bond donors (Lipinski definition) is 4. The fourth-order valence-corrected chi connectivity index (χ4v) is 6.99. The van der Waals surface area contributed by atoms with E-state index in [2.05, 4.69) is 10.6 Å². The van der Waals surface area contributed by atoms with Gasteiger partial charge in [-0.25, -0.2) is 9.59 Å². The summed E-state index contributed by atoms with van der Waals surface area (Å²) in [6.45, 7) is 4.50. The van der Waals surface area contributed by atoms with Gasteiger partial charge >= 0.3 is 12.1 Å². The number of rotatable bonds is 5. The molecule has 6 atom stereocenters. The molecule has 0 spiro atoms. The van der Waals surface area contributed by atoms with E-state index in [1.54, 1.807) is 4.90 Å². The lowest BCUT2D eigenvalue weighted by molar-refractivity contribution is -0.146. The second kappa shape index (κ2) is 13.8. The second-order valence-electron chi connectivity index (χ2n) is 13.5. The van der Waals surface area contributed by atoms with Gasteiger partial charge in [0.1, 0.15) is 23.7 Å². The van der Waals surface area contributed by atoms with Crippen LogP contribution in [0.15, 0.2) is 24.3 Å². The zero-order valence-electron chi connectivity index (χ0n) is 26.3. The van der Waals surface area contributed by atoms with Crippen LogP contribution in [0.25, 0.3) is 0 Å². The molecule has 3 fully saturated rings. The number of ether oxygens (including phenoxy) is 1. The largest absolute Gasteiger partial charge is 0.479 e. The first-order valence-electron chi connectivity index (χ1n) is 16.4. The van der Waals surface area contributed by atoms with Crippen molar-refractivity contribution in [3.8, 4) is 0 Å². The quantitative estimate of drug-likeness (QED) is 0.386. The van der Waals surface area contributed by atoms with Crippen LogP contribution in [0, 0.1) is 11.8 Å². The number of nitrogens with two attached hydrogens (primary N) is 1. The van der Waals surface area contributed by atoms with Gasteiger partial charge in [-0.15, -0.1) is 0 Å². The molecule has 45 heavy (non-hydrogen) atoms. The van der Waals surface area contributed by atoms with E-state index in [1.165, 1.54) is 10.5 Å². The van der Waals surface area contributed by atoms with Crippen molar-refractivity contribution in [2.24, 2.45) is 17.6 Å². The highest BCUT2D eigenvalue weighted by Crippen LogP contribution is 2.47. The van der Waals surface area contributed by atoms with Gasteiger partial charge in [0.05, 0.1) is 12.6 Å². The summed E-state index contributed by atoms with van der Waals surface area (Å²) in [4.78, 5) is 69.5. The molecule has 3 aliphatic heterocycles. The number of nitrogens with one attached hydrogen (secondary N) is 2. The molecule has 4 amide bonds. The van der Waals surface area contributed by atoms with Crippen LogP contribution in [-0.2, 0) is 36.9 Å². The molecule has 246 valence electrons. The Hall–Kier alpha value is -3.67. The average molecular weight is 626 g/mol. The van der Waals surface area contributed by atoms with Gasteiger partial charge in [-0.05, 0) is 48.6 Å². The van der Waals surface area contributed by atoms with Crippen molar-refractivity contribution in [3.63, 3.8) is 0 Å². The van der Waals surface area contributed by atoms with Gasteiger partial charge < -0.3 is 36.0 Å². The Labute approximate surface area is 264 Å². The number of carbonyl (C=O) groups is 5. The third-order valence-electron chi connectivity index (χ3n) is 10.0. The van der Waals surface area contributed by atoms with Crippen LogP contribution in [0.4, 0.5) is 4.79 Å². The zero-order chi connectivity index (χ0) is 32.3. The van der Waals surface area contributed by atoms with E-state index < -0.39 is 59.6 Å². The molecule has 1 aromatic carbocycles. The maximum atomic E-state index is 14.1. The molecule has 0 bridgehead atoms. The summed E-state index contributed by atoms with van der Waals surface area (Å²) >= 11 is 0. The van der Waals surface area contributed by atoms with Gasteiger partial charge in [-0.3, -0.25) is 14.4 Å². The van der Waals surface area contributed by atoms with Gasteiger partial charge in [0.25, 0.3) is 0 Å². The van der Waals surface area contributed by atoms with Crippen molar-refractivity contribution >= 4 is 29.8 Å². The molecule has 3 heterocycles. The summed E-state index contributed by atoms with van der Waals surface area (Å²) < 4.78 is 5.89. The number of aliphatic carboxylic acids is 1. The van der Waals surface area contributed by atoms with Gasteiger partial charge in [-0.2, -0.15) is 0 Å². The van der Waals surface area contributed by atoms with Crippen LogP contribution in [0.3, 0.4) is 0 Å². The number of nitrogens with zero attached hydrogens (tertiary/aromatic N) is 2. The van der Waals surface area contributed by atoms with Gasteiger partial charge in [-0.1, -0.05) is 70.2 Å². The minimum atomic E-state index is -1.36. The average Bonchev–Trinajstić information content (AvgIpc) is 3.56. The standard InChI is InChI=1S/C33H47N5O7/c1-20(2)27(34)29(40)35-25-13-7-5-3-4-6-12-23-17-33(23,31(42)43)36-28(39)26-16-24(19-38(26)30(25)41)45-32(44)37-15-14-21-10-8-9-11-22(21)18-37/h8-11,20,23-27H,3-7,12-19,34H2,1-2H3,(H,35,40)(H,36,39)(H,42,43)/t23-,24-,25+,26+,27-,33-/m1/s1. The van der Waals surface area contributed by atoms with E-state index in [1.807, 2.05) is 38.1 Å². The lowest BCUT2D eigenvalue weighted by Crippen LogP contribution is -2.58. The lowest BCUT2D eigenvalue weighted by Gasteiger charge is -2.30. The van der Waals surface area contributed by atoms with Crippen LogP contribution in [0.1, 0.15) is 82.8 Å². The Bertz CT molecular complexity index is 1300. The summed E-state index contributed by atoms with van der Waals surface area (Å²) in [6, 6.07) is 5.14. The van der Waals surface area contributed by atoms with Crippen molar-refractivity contribution in [2.75, 3.05) is 13.1 Å². The lowest BCUT2D eigenvalue weighted by atomic mass is 10.0. The summed E-state index contributed by atoms with van der Waals surface area (Å²) in [5, 5.41) is 15.7. The number of fused-ring (bicyclic) bond motifs is 3. The van der Waals surface area contributed by atoms with E-state index in [-0.39, 0.29) is 24.8 Å². The third-order valence-corrected chi connectivity index (χ3v) is 10.0. The first kappa shape index (κ1) is 32.7. The molecular formula is C33H47N5O7. The minimum Gasteiger partial charge on any atom is -0.479 e. The second-order valence-corrected chi connectivity index (χ2v) is 13.5. The summed E-state index contributed by atoms with van der Waals surface area (Å²) in [5.41, 5.74) is 6.97. The maximum absolute atomic E-state index is 14.1. The predicted octanol–water partition coefficient (Wildman–Crippen LogP) is 2.32. The Balaban J connectivity index is 1.36. The number of carboxylic acids is 1. The Kier molecular flexibility index (Phi) is 10.0. The minimum absolute atomic E-state index is 0.0281. The molecule has 0 aromatic heterocycles. The fourth-order valence-electron chi connectivity index (χ4n) is 6.99. The third kappa shape index (κ3) is 7.26. The molecule has 0 radical (unpaired) electrons. The molecule has 5 rings (SSSR count). The van der Waals surface area contributed by atoms with Gasteiger partial charge in [0.15, 0.2) is 0 Å². The molecule has 4 aliphatic rings. The maximum Gasteiger partial charge on any atom is 0.410 e. The van der Waals surface area contributed by atoms with Crippen LogP contribution in [0.5, 0.6) is 0 Å². The fraction of sp³-hybridized carbons (Fsp3) is 0.667.